The molecule has 1 heterocycles. The van der Waals surface area contributed by atoms with Crippen LogP contribution < -0.4 is 5.32 Å². The first-order valence-electron chi connectivity index (χ1n) is 6.49. The van der Waals surface area contributed by atoms with E-state index in [0.717, 1.165) is 6.42 Å². The van der Waals surface area contributed by atoms with Crippen LogP contribution in [0.15, 0.2) is 0 Å². The molecule has 1 aliphatic rings. The molecule has 7 heteroatoms. The van der Waals surface area contributed by atoms with Crippen LogP contribution in [0.3, 0.4) is 0 Å². The van der Waals surface area contributed by atoms with Crippen molar-refractivity contribution in [3.05, 3.63) is 0 Å². The van der Waals surface area contributed by atoms with Gasteiger partial charge in [-0.25, -0.2) is 9.59 Å². The van der Waals surface area contributed by atoms with Gasteiger partial charge in [0.2, 0.25) is 0 Å². The molecule has 1 rings (SSSR count). The molecule has 0 radical (unpaired) electrons. The van der Waals surface area contributed by atoms with E-state index in [1.165, 1.54) is 16.7 Å². The van der Waals surface area contributed by atoms with Gasteiger partial charge in [-0.2, -0.15) is 0 Å². The first-order valence-corrected chi connectivity index (χ1v) is 7.54. The summed E-state index contributed by atoms with van der Waals surface area (Å²) >= 11 is 1.51. The third-order valence-electron chi connectivity index (χ3n) is 2.79. The van der Waals surface area contributed by atoms with Crippen LogP contribution in [-0.2, 0) is 9.53 Å². The fourth-order valence-electron chi connectivity index (χ4n) is 1.88. The first kappa shape index (κ1) is 16.1. The topological polar surface area (TPSA) is 78.9 Å². The Bertz CT molecular complexity index is 325. The summed E-state index contributed by atoms with van der Waals surface area (Å²) in [5, 5.41) is 11.8. The van der Waals surface area contributed by atoms with Crippen molar-refractivity contribution in [2.24, 2.45) is 0 Å². The predicted octanol–water partition coefficient (Wildman–Crippen LogP) is 1.36. The summed E-state index contributed by atoms with van der Waals surface area (Å²) in [4.78, 5) is 24.6. The number of ether oxygens (including phenoxy) is 1. The fourth-order valence-corrected chi connectivity index (χ4v) is 3.23. The van der Waals surface area contributed by atoms with Crippen LogP contribution in [0, 0.1) is 0 Å². The zero-order valence-electron chi connectivity index (χ0n) is 11.6. The molecule has 2 atom stereocenters. The summed E-state index contributed by atoms with van der Waals surface area (Å²) in [5.41, 5.74) is 0. The second-order valence-electron chi connectivity index (χ2n) is 4.61. The lowest BCUT2D eigenvalue weighted by Gasteiger charge is -2.26. The molecule has 1 aliphatic heterocycles. The summed E-state index contributed by atoms with van der Waals surface area (Å²) < 4.78 is 5.33. The Morgan fingerprint density at radius 2 is 2.21 bits per heavy atom. The SMILES string of the molecule is CCC1SCC(C(=O)O)N1C(=O)NCCOC(C)C. The summed E-state index contributed by atoms with van der Waals surface area (Å²) in [6.45, 7) is 6.61. The van der Waals surface area contributed by atoms with E-state index in [9.17, 15) is 9.59 Å². The Morgan fingerprint density at radius 3 is 2.74 bits per heavy atom. The Labute approximate surface area is 117 Å². The van der Waals surface area contributed by atoms with E-state index in [2.05, 4.69) is 5.32 Å². The van der Waals surface area contributed by atoms with Gasteiger partial charge in [-0.05, 0) is 20.3 Å². The minimum Gasteiger partial charge on any atom is -0.480 e. The maximum Gasteiger partial charge on any atom is 0.327 e. The molecule has 0 aromatic carbocycles. The molecule has 110 valence electrons. The monoisotopic (exact) mass is 290 g/mol. The van der Waals surface area contributed by atoms with Crippen molar-refractivity contribution in [1.29, 1.82) is 0 Å². The van der Waals surface area contributed by atoms with Crippen LogP contribution >= 0.6 is 11.8 Å². The molecule has 0 aromatic heterocycles. The minimum absolute atomic E-state index is 0.0629. The van der Waals surface area contributed by atoms with E-state index in [1.54, 1.807) is 0 Å². The van der Waals surface area contributed by atoms with Crippen LogP contribution in [0.2, 0.25) is 0 Å². The van der Waals surface area contributed by atoms with Gasteiger partial charge >= 0.3 is 12.0 Å². The maximum absolute atomic E-state index is 12.1. The molecule has 19 heavy (non-hydrogen) atoms. The number of nitrogens with one attached hydrogen (secondary N) is 1. The van der Waals surface area contributed by atoms with Gasteiger partial charge in [0.15, 0.2) is 0 Å². The standard InChI is InChI=1S/C12H22N2O4S/c1-4-10-14(9(7-19-10)11(15)16)12(17)13-5-6-18-8(2)3/h8-10H,4-7H2,1-3H3,(H,13,17)(H,15,16). The minimum atomic E-state index is -0.947. The Balaban J connectivity index is 2.49. The smallest absolute Gasteiger partial charge is 0.327 e. The van der Waals surface area contributed by atoms with E-state index in [4.69, 9.17) is 9.84 Å². The molecule has 2 amide bonds. The molecule has 0 aliphatic carbocycles. The van der Waals surface area contributed by atoms with Crippen molar-refractivity contribution < 1.29 is 19.4 Å². The number of hydrogen-bond donors (Lipinski definition) is 2. The Hall–Kier alpha value is -0.950. The number of hydrogen-bond acceptors (Lipinski definition) is 4. The quantitative estimate of drug-likeness (QED) is 0.722. The molecule has 0 saturated carbocycles. The van der Waals surface area contributed by atoms with Crippen LogP contribution in [0.1, 0.15) is 27.2 Å². The van der Waals surface area contributed by atoms with E-state index < -0.39 is 12.0 Å². The average molecular weight is 290 g/mol. The number of thioether (sulfide) groups is 1. The molecule has 2 unspecified atom stereocenters. The van der Waals surface area contributed by atoms with Crippen molar-refractivity contribution in [2.45, 2.75) is 44.7 Å². The molecule has 1 fully saturated rings. The van der Waals surface area contributed by atoms with Crippen LogP contribution in [0.4, 0.5) is 4.79 Å². The summed E-state index contributed by atoms with van der Waals surface area (Å²) in [5.74, 6) is -0.499. The van der Waals surface area contributed by atoms with Gasteiger partial charge < -0.3 is 15.2 Å². The van der Waals surface area contributed by atoms with Crippen molar-refractivity contribution >= 4 is 23.8 Å². The van der Waals surface area contributed by atoms with E-state index >= 15 is 0 Å². The second kappa shape index (κ2) is 7.59. The molecule has 0 spiro atoms. The number of rotatable bonds is 6. The number of carboxylic acids is 1. The van der Waals surface area contributed by atoms with Gasteiger partial charge in [0.05, 0.1) is 18.1 Å². The zero-order chi connectivity index (χ0) is 14.4. The number of urea groups is 1. The number of nitrogens with zero attached hydrogens (tertiary/aromatic N) is 1. The van der Waals surface area contributed by atoms with Crippen molar-refractivity contribution in [2.75, 3.05) is 18.9 Å². The number of carbonyl (C=O) groups is 2. The van der Waals surface area contributed by atoms with E-state index in [1.807, 2.05) is 20.8 Å². The first-order chi connectivity index (χ1) is 8.97. The Morgan fingerprint density at radius 1 is 1.53 bits per heavy atom. The highest BCUT2D eigenvalue weighted by Crippen LogP contribution is 2.31. The highest BCUT2D eigenvalue weighted by Gasteiger charge is 2.40. The highest BCUT2D eigenvalue weighted by molar-refractivity contribution is 8.00. The van der Waals surface area contributed by atoms with Gasteiger partial charge in [-0.15, -0.1) is 11.8 Å². The second-order valence-corrected chi connectivity index (χ2v) is 5.82. The Kier molecular flexibility index (Phi) is 6.44. The lowest BCUT2D eigenvalue weighted by Crippen LogP contribution is -2.50. The molecule has 0 bridgehead atoms. The van der Waals surface area contributed by atoms with Gasteiger partial charge in [0, 0.05) is 12.3 Å². The molecule has 2 N–H and O–H groups in total. The van der Waals surface area contributed by atoms with Gasteiger partial charge in [-0.3, -0.25) is 4.90 Å². The van der Waals surface area contributed by atoms with Gasteiger partial charge in [0.1, 0.15) is 6.04 Å². The van der Waals surface area contributed by atoms with Gasteiger partial charge in [0.25, 0.3) is 0 Å². The van der Waals surface area contributed by atoms with Crippen LogP contribution in [0.5, 0.6) is 0 Å². The van der Waals surface area contributed by atoms with Crippen molar-refractivity contribution in [3.63, 3.8) is 0 Å². The third-order valence-corrected chi connectivity index (χ3v) is 4.24. The summed E-state index contributed by atoms with van der Waals surface area (Å²) in [7, 11) is 0. The number of carboxylic acid groups (broad SMARTS) is 1. The van der Waals surface area contributed by atoms with Crippen molar-refractivity contribution in [1.82, 2.24) is 10.2 Å². The largest absolute Gasteiger partial charge is 0.480 e. The molecular weight excluding hydrogens is 268 g/mol. The normalized spacial score (nSPS) is 22.8. The molecule has 0 aromatic rings. The number of amides is 2. The van der Waals surface area contributed by atoms with Crippen LogP contribution in [-0.4, -0.2) is 58.4 Å². The molecular formula is C12H22N2O4S. The lowest BCUT2D eigenvalue weighted by molar-refractivity contribution is -0.141. The summed E-state index contributed by atoms with van der Waals surface area (Å²) in [6.07, 6.45) is 0.860. The van der Waals surface area contributed by atoms with Gasteiger partial charge in [-0.1, -0.05) is 6.92 Å². The average Bonchev–Trinajstić information content (AvgIpc) is 2.77. The predicted molar refractivity (Wildman–Crippen MR) is 74.3 cm³/mol. The summed E-state index contributed by atoms with van der Waals surface area (Å²) in [6, 6.07) is -1.06. The lowest BCUT2D eigenvalue weighted by atomic mass is 10.3. The van der Waals surface area contributed by atoms with Crippen LogP contribution in [0.25, 0.3) is 0 Å². The molecule has 6 nitrogen and oxygen atoms in total. The third kappa shape index (κ3) is 4.58. The fraction of sp³-hybridized carbons (Fsp3) is 0.833. The highest BCUT2D eigenvalue weighted by atomic mass is 32.2. The van der Waals surface area contributed by atoms with E-state index in [-0.39, 0.29) is 17.5 Å². The maximum atomic E-state index is 12.1. The number of carbonyl (C=O) groups excluding carboxylic acids is 1. The number of aliphatic carboxylic acids is 1. The van der Waals surface area contributed by atoms with E-state index in [0.29, 0.717) is 18.9 Å². The molecule has 1 saturated heterocycles. The zero-order valence-corrected chi connectivity index (χ0v) is 12.4. The van der Waals surface area contributed by atoms with Crippen molar-refractivity contribution in [3.8, 4) is 0 Å².